The van der Waals surface area contributed by atoms with Crippen molar-refractivity contribution in [3.8, 4) is 22.3 Å². The smallest absolute Gasteiger partial charge is 0.252 e. The summed E-state index contributed by atoms with van der Waals surface area (Å²) in [6.45, 7) is 48.7. The average molecular weight is 1140 g/mol. The molecule has 0 radical (unpaired) electrons. The van der Waals surface area contributed by atoms with E-state index in [2.05, 4.69) is 300 Å². The average Bonchev–Trinajstić information content (AvgIpc) is 1.41. The molecule has 0 spiro atoms. The molecule has 3 heteroatoms. The van der Waals surface area contributed by atoms with Gasteiger partial charge in [0.25, 0.3) is 6.71 Å². The summed E-state index contributed by atoms with van der Waals surface area (Å²) in [6, 6.07) is 61.8. The van der Waals surface area contributed by atoms with Crippen molar-refractivity contribution in [2.24, 2.45) is 0 Å². The van der Waals surface area contributed by atoms with Crippen LogP contribution in [0.15, 0.2) is 152 Å². The highest BCUT2D eigenvalue weighted by atomic mass is 15.2. The molecule has 2 aliphatic heterocycles. The van der Waals surface area contributed by atoms with Crippen molar-refractivity contribution in [3.63, 3.8) is 0 Å². The Kier molecular flexibility index (Phi) is 11.4. The third-order valence-electron chi connectivity index (χ3n) is 23.5. The number of fused-ring (bicyclic) bond motifs is 12. The molecule has 0 bridgehead atoms. The Balaban J connectivity index is 1.12. The molecule has 0 saturated carbocycles. The number of anilines is 6. The van der Waals surface area contributed by atoms with Crippen molar-refractivity contribution < 1.29 is 0 Å². The Labute approximate surface area is 521 Å². The molecule has 87 heavy (non-hydrogen) atoms. The molecular weight excluding hydrogens is 1050 g/mol. The molecule has 0 aromatic heterocycles. The lowest BCUT2D eigenvalue weighted by atomic mass is 9.32. The van der Waals surface area contributed by atoms with Crippen LogP contribution < -0.4 is 26.2 Å². The van der Waals surface area contributed by atoms with Gasteiger partial charge in [0.05, 0.1) is 0 Å². The number of aryl methyl sites for hydroxylation is 3. The third-order valence-corrected chi connectivity index (χ3v) is 23.5. The van der Waals surface area contributed by atoms with Crippen LogP contribution in [0.2, 0.25) is 0 Å². The van der Waals surface area contributed by atoms with Gasteiger partial charge >= 0.3 is 0 Å². The molecule has 0 N–H and O–H groups in total. The van der Waals surface area contributed by atoms with Crippen LogP contribution in [0.3, 0.4) is 0 Å². The zero-order chi connectivity index (χ0) is 61.6. The zero-order valence-corrected chi connectivity index (χ0v) is 55.8. The van der Waals surface area contributed by atoms with E-state index in [0.29, 0.717) is 0 Å². The topological polar surface area (TPSA) is 6.48 Å². The molecule has 0 unspecified atom stereocenters. The van der Waals surface area contributed by atoms with Gasteiger partial charge in [-0.3, -0.25) is 0 Å². The number of nitrogens with zero attached hydrogens (tertiary/aromatic N) is 2. The minimum atomic E-state index is -0.268. The number of rotatable bonds is 3. The maximum atomic E-state index is 2.79. The first-order chi connectivity index (χ1) is 40.8. The molecule has 2 nitrogen and oxygen atoms in total. The van der Waals surface area contributed by atoms with Crippen LogP contribution in [0, 0.1) is 20.8 Å². The summed E-state index contributed by atoms with van der Waals surface area (Å²) < 4.78 is 0. The van der Waals surface area contributed by atoms with Crippen LogP contribution in [0.5, 0.6) is 0 Å². The second-order valence-electron chi connectivity index (χ2n) is 32.6. The lowest BCUT2D eigenvalue weighted by Crippen LogP contribution is -2.62. The van der Waals surface area contributed by atoms with Gasteiger partial charge in [0.2, 0.25) is 0 Å². The van der Waals surface area contributed by atoms with E-state index < -0.39 is 0 Å². The second kappa shape index (κ2) is 17.7. The van der Waals surface area contributed by atoms with Gasteiger partial charge in [-0.25, -0.2) is 0 Å². The van der Waals surface area contributed by atoms with Crippen LogP contribution >= 0.6 is 0 Å². The van der Waals surface area contributed by atoms with E-state index in [1.807, 2.05) is 0 Å². The SMILES string of the molecule is Cc1cc2c(cc1N1c3cc4c(cc3B3c5cc6c(cc5N(c5ccc7c(c5)C(C)(C)c5ccccc5C7(C)C)c5cc(-c7c(C)cccc7C)cc1c53)C(C)(C)c1ccccc1C6(C)C)C(C)(C)c1ccc(C(C)(C)C)cc1-4)C(C)(C)CCC2(C)C. The van der Waals surface area contributed by atoms with Crippen molar-refractivity contribution in [3.05, 3.63) is 241 Å². The lowest BCUT2D eigenvalue weighted by Gasteiger charge is -2.49. The summed E-state index contributed by atoms with van der Waals surface area (Å²) in [7, 11) is 0. The standard InChI is InChI=1S/C84H89BN2/c1-48-26-25-27-49(2)75(48)51-39-73-76-74(40-51)87(70-46-64-63(38-50(70)3)78(7,8)36-37-79(64,9)10)71-43-55-54-41-52(77(4,5)6)32-34-56(54)80(11,12)62(55)44-68(71)85(76)69-45-66-67(84(19,20)60-31-24-23-30-59(60)83(66,17)18)47-72(69)86(73)53-33-35-61-65(42-53)82(15,16)58-29-22-21-28-57(58)81(61,13)14/h21-35,38-47H,36-37H2,1-20H3. The van der Waals surface area contributed by atoms with Crippen LogP contribution in [0.4, 0.5) is 34.1 Å². The highest BCUT2D eigenvalue weighted by Gasteiger charge is 2.51. The minimum absolute atomic E-state index is 0.00157. The fourth-order valence-electron chi connectivity index (χ4n) is 18.1. The molecule has 9 aromatic carbocycles. The molecule has 438 valence electrons. The van der Waals surface area contributed by atoms with E-state index in [-0.39, 0.29) is 50.0 Å². The van der Waals surface area contributed by atoms with Crippen molar-refractivity contribution >= 4 is 57.2 Å². The van der Waals surface area contributed by atoms with Gasteiger partial charge in [-0.05, 0) is 220 Å². The summed E-state index contributed by atoms with van der Waals surface area (Å²) in [5.74, 6) is 0. The van der Waals surface area contributed by atoms with Crippen LogP contribution in [0.1, 0.15) is 220 Å². The monoisotopic (exact) mass is 1140 g/mol. The fraction of sp³-hybridized carbons (Fsp3) is 0.357. The molecule has 0 atom stereocenters. The van der Waals surface area contributed by atoms with Crippen molar-refractivity contribution in [2.75, 3.05) is 9.80 Å². The van der Waals surface area contributed by atoms with Gasteiger partial charge in [-0.1, -0.05) is 227 Å². The Bertz CT molecular complexity index is 4500. The van der Waals surface area contributed by atoms with Gasteiger partial charge in [0, 0.05) is 61.2 Å². The first-order valence-corrected chi connectivity index (χ1v) is 32.7. The summed E-state index contributed by atoms with van der Waals surface area (Å²) in [4.78, 5) is 5.54. The van der Waals surface area contributed by atoms with E-state index in [1.165, 1.54) is 168 Å². The van der Waals surface area contributed by atoms with Gasteiger partial charge in [-0.15, -0.1) is 0 Å². The predicted molar refractivity (Wildman–Crippen MR) is 373 cm³/mol. The first kappa shape index (κ1) is 56.2. The minimum Gasteiger partial charge on any atom is -0.311 e. The maximum absolute atomic E-state index is 2.79. The third kappa shape index (κ3) is 7.53. The quantitative estimate of drug-likeness (QED) is 0.163. The summed E-state index contributed by atoms with van der Waals surface area (Å²) >= 11 is 0. The highest BCUT2D eigenvalue weighted by Crippen LogP contribution is 2.59. The number of hydrogen-bond acceptors (Lipinski definition) is 2. The van der Waals surface area contributed by atoms with Gasteiger partial charge < -0.3 is 9.80 Å². The molecule has 15 rings (SSSR count). The Morgan fingerprint density at radius 3 is 1.34 bits per heavy atom. The number of benzene rings is 9. The van der Waals surface area contributed by atoms with E-state index in [1.54, 1.807) is 0 Å². The Morgan fingerprint density at radius 2 is 0.782 bits per heavy atom. The number of hydrogen-bond donors (Lipinski definition) is 0. The fourth-order valence-corrected chi connectivity index (χ4v) is 18.1. The van der Waals surface area contributed by atoms with E-state index >= 15 is 0 Å². The van der Waals surface area contributed by atoms with Crippen LogP contribution in [-0.4, -0.2) is 6.71 Å². The van der Waals surface area contributed by atoms with Gasteiger partial charge in [-0.2, -0.15) is 0 Å². The predicted octanol–water partition coefficient (Wildman–Crippen LogP) is 20.2. The summed E-state index contributed by atoms with van der Waals surface area (Å²) in [5.41, 5.74) is 38.3. The van der Waals surface area contributed by atoms with Crippen LogP contribution in [-0.2, 0) is 43.3 Å². The summed E-state index contributed by atoms with van der Waals surface area (Å²) in [5, 5.41) is 0. The van der Waals surface area contributed by atoms with Crippen LogP contribution in [0.25, 0.3) is 22.3 Å². The van der Waals surface area contributed by atoms with Crippen molar-refractivity contribution in [2.45, 2.75) is 195 Å². The Morgan fingerprint density at radius 1 is 0.345 bits per heavy atom. The molecule has 4 aliphatic carbocycles. The molecular formula is C84H89BN2. The second-order valence-corrected chi connectivity index (χ2v) is 32.6. The van der Waals surface area contributed by atoms with Crippen molar-refractivity contribution in [1.82, 2.24) is 0 Å². The summed E-state index contributed by atoms with van der Waals surface area (Å²) in [6.07, 6.45) is 2.32. The van der Waals surface area contributed by atoms with E-state index in [9.17, 15) is 0 Å². The largest absolute Gasteiger partial charge is 0.311 e. The molecule has 0 saturated heterocycles. The lowest BCUT2D eigenvalue weighted by molar-refractivity contribution is 0.332. The first-order valence-electron chi connectivity index (χ1n) is 32.7. The molecule has 6 aliphatic rings. The zero-order valence-electron chi connectivity index (χ0n) is 55.8. The molecule has 0 amide bonds. The molecule has 9 aromatic rings. The van der Waals surface area contributed by atoms with Gasteiger partial charge in [0.1, 0.15) is 0 Å². The maximum Gasteiger partial charge on any atom is 0.252 e. The Hall–Kier alpha value is -7.36. The van der Waals surface area contributed by atoms with E-state index in [4.69, 9.17) is 0 Å². The highest BCUT2D eigenvalue weighted by molar-refractivity contribution is 7.00. The van der Waals surface area contributed by atoms with Gasteiger partial charge in [0.15, 0.2) is 0 Å². The van der Waals surface area contributed by atoms with E-state index in [0.717, 1.165) is 6.42 Å². The molecule has 0 fully saturated rings. The normalized spacial score (nSPS) is 19.1. The van der Waals surface area contributed by atoms with Crippen molar-refractivity contribution in [1.29, 1.82) is 0 Å². The molecule has 2 heterocycles.